The van der Waals surface area contributed by atoms with Gasteiger partial charge in [0.05, 0.1) is 0 Å². The van der Waals surface area contributed by atoms with Crippen LogP contribution in [-0.4, -0.2) is 15.2 Å². The lowest BCUT2D eigenvalue weighted by atomic mass is 10.1. The highest BCUT2D eigenvalue weighted by Gasteiger charge is 2.21. The van der Waals surface area contributed by atoms with E-state index in [1.165, 1.54) is 34.8 Å². The standard InChI is InChI=1S/C14H16IN3/c1-9-5-4-8-11(12(9)15)14-16-13(17-18-14)10-6-2-3-7-10/h4-5,8,10H,2-3,6-7H2,1H3,(H,16,17,18). The fourth-order valence-electron chi connectivity index (χ4n) is 2.60. The molecular formula is C14H16IN3. The highest BCUT2D eigenvalue weighted by molar-refractivity contribution is 14.1. The van der Waals surface area contributed by atoms with E-state index in [0.717, 1.165) is 17.2 Å². The Morgan fingerprint density at radius 3 is 2.83 bits per heavy atom. The number of aromatic amines is 1. The highest BCUT2D eigenvalue weighted by atomic mass is 127. The van der Waals surface area contributed by atoms with E-state index in [-0.39, 0.29) is 0 Å². The second-order valence-corrected chi connectivity index (χ2v) is 6.04. The van der Waals surface area contributed by atoms with Gasteiger partial charge in [0.2, 0.25) is 0 Å². The molecule has 94 valence electrons. The number of aromatic nitrogens is 3. The fourth-order valence-corrected chi connectivity index (χ4v) is 3.20. The largest absolute Gasteiger partial charge is 0.262 e. The molecule has 1 N–H and O–H groups in total. The van der Waals surface area contributed by atoms with E-state index in [2.05, 4.69) is 57.9 Å². The molecule has 1 aromatic carbocycles. The van der Waals surface area contributed by atoms with Crippen LogP contribution in [0.25, 0.3) is 11.4 Å². The van der Waals surface area contributed by atoms with Crippen LogP contribution in [0, 0.1) is 10.5 Å². The van der Waals surface area contributed by atoms with Crippen molar-refractivity contribution < 1.29 is 0 Å². The van der Waals surface area contributed by atoms with Crippen molar-refractivity contribution in [2.75, 3.05) is 0 Å². The first-order valence-corrected chi connectivity index (χ1v) is 7.51. The second-order valence-electron chi connectivity index (χ2n) is 4.96. The van der Waals surface area contributed by atoms with Gasteiger partial charge in [-0.15, -0.1) is 0 Å². The zero-order chi connectivity index (χ0) is 12.5. The smallest absolute Gasteiger partial charge is 0.182 e. The summed E-state index contributed by atoms with van der Waals surface area (Å²) in [5, 5.41) is 7.52. The van der Waals surface area contributed by atoms with Crippen molar-refractivity contribution in [3.05, 3.63) is 33.2 Å². The van der Waals surface area contributed by atoms with Crippen LogP contribution in [0.1, 0.15) is 43.0 Å². The molecule has 0 atom stereocenters. The molecule has 3 nitrogen and oxygen atoms in total. The third-order valence-electron chi connectivity index (χ3n) is 3.68. The summed E-state index contributed by atoms with van der Waals surface area (Å²) in [4.78, 5) is 4.69. The molecule has 18 heavy (non-hydrogen) atoms. The topological polar surface area (TPSA) is 41.6 Å². The Bertz CT molecular complexity index is 556. The maximum atomic E-state index is 4.69. The molecular weight excluding hydrogens is 337 g/mol. The Morgan fingerprint density at radius 2 is 2.06 bits per heavy atom. The van der Waals surface area contributed by atoms with Crippen molar-refractivity contribution in [3.63, 3.8) is 0 Å². The maximum Gasteiger partial charge on any atom is 0.182 e. The summed E-state index contributed by atoms with van der Waals surface area (Å²) in [6.45, 7) is 2.12. The Morgan fingerprint density at radius 1 is 1.28 bits per heavy atom. The van der Waals surface area contributed by atoms with E-state index >= 15 is 0 Å². The van der Waals surface area contributed by atoms with Crippen LogP contribution in [0.15, 0.2) is 18.2 Å². The molecule has 0 saturated heterocycles. The number of nitrogens with one attached hydrogen (secondary N) is 1. The van der Waals surface area contributed by atoms with Crippen molar-refractivity contribution in [1.82, 2.24) is 15.2 Å². The van der Waals surface area contributed by atoms with Gasteiger partial charge in [0.1, 0.15) is 5.82 Å². The van der Waals surface area contributed by atoms with Crippen molar-refractivity contribution in [1.29, 1.82) is 0 Å². The van der Waals surface area contributed by atoms with E-state index in [9.17, 15) is 0 Å². The lowest BCUT2D eigenvalue weighted by molar-refractivity contribution is 0.672. The van der Waals surface area contributed by atoms with Crippen molar-refractivity contribution in [2.24, 2.45) is 0 Å². The molecule has 0 amide bonds. The zero-order valence-electron chi connectivity index (χ0n) is 10.4. The second kappa shape index (κ2) is 4.99. The van der Waals surface area contributed by atoms with Crippen LogP contribution in [0.4, 0.5) is 0 Å². The molecule has 1 aliphatic rings. The molecule has 1 aliphatic carbocycles. The van der Waals surface area contributed by atoms with Gasteiger partial charge < -0.3 is 0 Å². The first-order valence-electron chi connectivity index (χ1n) is 6.43. The minimum atomic E-state index is 0.591. The Balaban J connectivity index is 1.95. The van der Waals surface area contributed by atoms with Gasteiger partial charge in [-0.1, -0.05) is 31.0 Å². The number of H-pyrrole nitrogens is 1. The number of halogens is 1. The normalized spacial score (nSPS) is 16.3. The number of hydrogen-bond acceptors (Lipinski definition) is 2. The molecule has 4 heteroatoms. The van der Waals surface area contributed by atoms with Gasteiger partial charge in [-0.2, -0.15) is 5.10 Å². The van der Waals surface area contributed by atoms with Crippen molar-refractivity contribution in [3.8, 4) is 11.4 Å². The Labute approximate surface area is 121 Å². The summed E-state index contributed by atoms with van der Waals surface area (Å²) in [6, 6.07) is 6.28. The molecule has 0 unspecified atom stereocenters. The molecule has 1 aromatic heterocycles. The first kappa shape index (κ1) is 12.1. The van der Waals surface area contributed by atoms with E-state index in [1.54, 1.807) is 0 Å². The number of rotatable bonds is 2. The molecule has 0 spiro atoms. The summed E-state index contributed by atoms with van der Waals surface area (Å²) >= 11 is 2.37. The van der Waals surface area contributed by atoms with Gasteiger partial charge in [-0.25, -0.2) is 4.98 Å². The third-order valence-corrected chi connectivity index (χ3v) is 5.11. The maximum absolute atomic E-state index is 4.69. The highest BCUT2D eigenvalue weighted by Crippen LogP contribution is 2.33. The van der Waals surface area contributed by atoms with E-state index in [4.69, 9.17) is 4.98 Å². The predicted molar refractivity (Wildman–Crippen MR) is 80.5 cm³/mol. The van der Waals surface area contributed by atoms with Gasteiger partial charge in [-0.3, -0.25) is 5.10 Å². The fraction of sp³-hybridized carbons (Fsp3) is 0.429. The molecule has 0 radical (unpaired) electrons. The van der Waals surface area contributed by atoms with Crippen molar-refractivity contribution in [2.45, 2.75) is 38.5 Å². The van der Waals surface area contributed by atoms with Gasteiger partial charge in [0.15, 0.2) is 5.82 Å². The van der Waals surface area contributed by atoms with Crippen LogP contribution in [0.5, 0.6) is 0 Å². The summed E-state index contributed by atoms with van der Waals surface area (Å²) in [5.41, 5.74) is 2.41. The van der Waals surface area contributed by atoms with Gasteiger partial charge >= 0.3 is 0 Å². The molecule has 1 fully saturated rings. The van der Waals surface area contributed by atoms with Crippen LogP contribution < -0.4 is 0 Å². The third kappa shape index (κ3) is 2.18. The molecule has 0 aliphatic heterocycles. The van der Waals surface area contributed by atoms with Crippen LogP contribution in [0.3, 0.4) is 0 Å². The lowest BCUT2D eigenvalue weighted by Gasteiger charge is -2.03. The van der Waals surface area contributed by atoms with E-state index in [0.29, 0.717) is 5.92 Å². The number of hydrogen-bond donors (Lipinski definition) is 1. The number of benzene rings is 1. The lowest BCUT2D eigenvalue weighted by Crippen LogP contribution is -1.95. The average Bonchev–Trinajstić information content (AvgIpc) is 3.01. The van der Waals surface area contributed by atoms with Gasteiger partial charge in [0, 0.05) is 15.1 Å². The van der Waals surface area contributed by atoms with E-state index in [1.807, 2.05) is 0 Å². The minimum absolute atomic E-state index is 0.591. The zero-order valence-corrected chi connectivity index (χ0v) is 12.6. The number of nitrogens with zero attached hydrogens (tertiary/aromatic N) is 2. The number of aryl methyl sites for hydroxylation is 1. The summed E-state index contributed by atoms with van der Waals surface area (Å²) in [5.74, 6) is 2.50. The van der Waals surface area contributed by atoms with Gasteiger partial charge in [0.25, 0.3) is 0 Å². The average molecular weight is 353 g/mol. The van der Waals surface area contributed by atoms with Gasteiger partial charge in [-0.05, 0) is 47.9 Å². The SMILES string of the molecule is Cc1cccc(-c2n[nH]c(C3CCCC3)n2)c1I. The molecule has 1 heterocycles. The summed E-state index contributed by atoms with van der Waals surface area (Å²) in [7, 11) is 0. The minimum Gasteiger partial charge on any atom is -0.262 e. The monoisotopic (exact) mass is 353 g/mol. The van der Waals surface area contributed by atoms with Crippen LogP contribution in [-0.2, 0) is 0 Å². The Kier molecular flexibility index (Phi) is 3.37. The summed E-state index contributed by atoms with van der Waals surface area (Å²) in [6.07, 6.45) is 5.14. The molecule has 1 saturated carbocycles. The Hall–Kier alpha value is -0.910. The quantitative estimate of drug-likeness (QED) is 0.828. The van der Waals surface area contributed by atoms with Crippen LogP contribution >= 0.6 is 22.6 Å². The molecule has 0 bridgehead atoms. The van der Waals surface area contributed by atoms with Crippen LogP contribution in [0.2, 0.25) is 0 Å². The molecule has 3 rings (SSSR count). The molecule has 2 aromatic rings. The first-order chi connectivity index (χ1) is 8.75. The van der Waals surface area contributed by atoms with Crippen molar-refractivity contribution >= 4 is 22.6 Å². The predicted octanol–water partition coefficient (Wildman–Crippen LogP) is 4.04. The van der Waals surface area contributed by atoms with E-state index < -0.39 is 0 Å². The summed E-state index contributed by atoms with van der Waals surface area (Å²) < 4.78 is 1.24.